The van der Waals surface area contributed by atoms with Crippen molar-refractivity contribution in [3.8, 4) is 0 Å². The molecule has 0 aromatic heterocycles. The van der Waals surface area contributed by atoms with Crippen LogP contribution in [0.4, 0.5) is 0 Å². The molecule has 2 heteroatoms. The topological polar surface area (TPSA) is 26.3 Å². The number of rotatable bonds is 21. The lowest BCUT2D eigenvalue weighted by molar-refractivity contribution is -0.151. The van der Waals surface area contributed by atoms with Crippen LogP contribution in [-0.2, 0) is 9.53 Å². The van der Waals surface area contributed by atoms with Gasteiger partial charge >= 0.3 is 5.97 Å². The maximum Gasteiger partial charge on any atom is 0.306 e. The minimum Gasteiger partial charge on any atom is -0.462 e. The molecule has 4 aliphatic carbocycles. The molecule has 0 saturated heterocycles. The van der Waals surface area contributed by atoms with Crippen molar-refractivity contribution in [1.82, 2.24) is 0 Å². The summed E-state index contributed by atoms with van der Waals surface area (Å²) in [6.07, 6.45) is 35.4. The van der Waals surface area contributed by atoms with E-state index in [9.17, 15) is 4.79 Å². The minimum absolute atomic E-state index is 0.0640. The maximum atomic E-state index is 12.8. The van der Waals surface area contributed by atoms with Crippen molar-refractivity contribution >= 4 is 5.97 Å². The molecule has 2 nitrogen and oxygen atoms in total. The Bertz CT molecular complexity index is 950. The number of fused-ring (bicyclic) bond motifs is 5. The van der Waals surface area contributed by atoms with E-state index in [1.165, 1.54) is 135 Å². The summed E-state index contributed by atoms with van der Waals surface area (Å²) in [6.45, 7) is 17.5. The second-order valence-corrected chi connectivity index (χ2v) is 18.3. The van der Waals surface area contributed by atoms with Crippen molar-refractivity contribution in [2.45, 2.75) is 215 Å². The van der Waals surface area contributed by atoms with E-state index in [-0.39, 0.29) is 12.1 Å². The summed E-state index contributed by atoms with van der Waals surface area (Å²) in [6, 6.07) is 0. The molecule has 4 aliphatic rings. The van der Waals surface area contributed by atoms with Crippen LogP contribution < -0.4 is 0 Å². The summed E-state index contributed by atoms with van der Waals surface area (Å²) in [7, 11) is 0. The number of ether oxygens (including phenoxy) is 1. The molecule has 0 aromatic carbocycles. The number of carbonyl (C=O) groups is 1. The standard InChI is InChI=1S/C45H80O2/c1-8-10-11-12-13-14-15-16-17-18-19-20-21-22-43(46)47-38-29-31-44(6)37(33-38)25-26-39-41-28-27-40(45(41,7)32-30-42(39)44)35(5)23-24-36(9-2)34(3)4/h25,34-36,38-42H,8-24,26-33H2,1-7H3. The van der Waals surface area contributed by atoms with Crippen molar-refractivity contribution in [3.63, 3.8) is 0 Å². The van der Waals surface area contributed by atoms with Gasteiger partial charge in [0.05, 0.1) is 0 Å². The zero-order valence-corrected chi connectivity index (χ0v) is 32.7. The molecule has 3 saturated carbocycles. The number of hydrogen-bond donors (Lipinski definition) is 0. The first kappa shape index (κ1) is 39.0. The van der Waals surface area contributed by atoms with Crippen LogP contribution in [0.5, 0.6) is 0 Å². The molecule has 9 unspecified atom stereocenters. The largest absolute Gasteiger partial charge is 0.462 e. The molecule has 0 bridgehead atoms. The lowest BCUT2D eigenvalue weighted by Crippen LogP contribution is -2.51. The summed E-state index contributed by atoms with van der Waals surface area (Å²) in [5.74, 6) is 6.18. The Kier molecular flexibility index (Phi) is 15.8. The fourth-order valence-electron chi connectivity index (χ4n) is 11.9. The number of carbonyl (C=O) groups excluding carboxylic acids is 1. The average molecular weight is 653 g/mol. The van der Waals surface area contributed by atoms with E-state index in [1.807, 2.05) is 0 Å². The van der Waals surface area contributed by atoms with Gasteiger partial charge in [-0.15, -0.1) is 0 Å². The Morgan fingerprint density at radius 2 is 1.43 bits per heavy atom. The Morgan fingerprint density at radius 3 is 2.04 bits per heavy atom. The predicted molar refractivity (Wildman–Crippen MR) is 202 cm³/mol. The van der Waals surface area contributed by atoms with Crippen molar-refractivity contribution in [1.29, 1.82) is 0 Å². The fourth-order valence-corrected chi connectivity index (χ4v) is 11.9. The van der Waals surface area contributed by atoms with Crippen LogP contribution in [0.3, 0.4) is 0 Å². The molecular formula is C45H80O2. The maximum absolute atomic E-state index is 12.8. The Hall–Kier alpha value is -0.790. The lowest BCUT2D eigenvalue weighted by Gasteiger charge is -2.58. The third-order valence-corrected chi connectivity index (χ3v) is 15.1. The predicted octanol–water partition coefficient (Wildman–Crippen LogP) is 14.1. The van der Waals surface area contributed by atoms with E-state index in [0.29, 0.717) is 17.3 Å². The molecule has 272 valence electrons. The van der Waals surface area contributed by atoms with Crippen LogP contribution in [0, 0.1) is 52.3 Å². The molecule has 0 aromatic rings. The highest BCUT2D eigenvalue weighted by Crippen LogP contribution is 2.67. The molecule has 47 heavy (non-hydrogen) atoms. The first-order chi connectivity index (χ1) is 22.6. The van der Waals surface area contributed by atoms with E-state index in [4.69, 9.17) is 4.74 Å². The van der Waals surface area contributed by atoms with Crippen LogP contribution in [0.25, 0.3) is 0 Å². The van der Waals surface area contributed by atoms with Crippen LogP contribution >= 0.6 is 0 Å². The Morgan fingerprint density at radius 1 is 0.787 bits per heavy atom. The molecule has 0 amide bonds. The van der Waals surface area contributed by atoms with Gasteiger partial charge in [0.2, 0.25) is 0 Å². The third-order valence-electron chi connectivity index (χ3n) is 15.1. The lowest BCUT2D eigenvalue weighted by atomic mass is 9.47. The van der Waals surface area contributed by atoms with Gasteiger partial charge in [0.1, 0.15) is 6.10 Å². The molecule has 0 aliphatic heterocycles. The highest BCUT2D eigenvalue weighted by molar-refractivity contribution is 5.69. The Balaban J connectivity index is 1.16. The number of allylic oxidation sites excluding steroid dienone is 1. The van der Waals surface area contributed by atoms with E-state index in [2.05, 4.69) is 54.5 Å². The van der Waals surface area contributed by atoms with Gasteiger partial charge in [0, 0.05) is 12.8 Å². The fraction of sp³-hybridized carbons (Fsp3) is 0.933. The minimum atomic E-state index is 0.0640. The van der Waals surface area contributed by atoms with Gasteiger partial charge in [0.15, 0.2) is 0 Å². The van der Waals surface area contributed by atoms with Crippen LogP contribution in [0.15, 0.2) is 11.6 Å². The molecular weight excluding hydrogens is 572 g/mol. The van der Waals surface area contributed by atoms with E-state index in [1.54, 1.807) is 5.57 Å². The van der Waals surface area contributed by atoms with Crippen LogP contribution in [0.2, 0.25) is 0 Å². The van der Waals surface area contributed by atoms with E-state index >= 15 is 0 Å². The average Bonchev–Trinajstić information content (AvgIpc) is 3.41. The van der Waals surface area contributed by atoms with Gasteiger partial charge in [-0.05, 0) is 110 Å². The van der Waals surface area contributed by atoms with Gasteiger partial charge in [0.25, 0.3) is 0 Å². The zero-order valence-electron chi connectivity index (χ0n) is 32.7. The van der Waals surface area contributed by atoms with Crippen molar-refractivity contribution in [2.24, 2.45) is 52.3 Å². The highest BCUT2D eigenvalue weighted by Gasteiger charge is 2.59. The number of esters is 1. The number of hydrogen-bond acceptors (Lipinski definition) is 2. The number of unbranched alkanes of at least 4 members (excludes halogenated alkanes) is 12. The second-order valence-electron chi connectivity index (χ2n) is 18.3. The molecule has 9 atom stereocenters. The first-order valence-electron chi connectivity index (χ1n) is 21.5. The summed E-state index contributed by atoms with van der Waals surface area (Å²) in [4.78, 5) is 12.8. The van der Waals surface area contributed by atoms with E-state index < -0.39 is 0 Å². The van der Waals surface area contributed by atoms with Crippen molar-refractivity contribution in [2.75, 3.05) is 0 Å². The normalized spacial score (nSPS) is 33.1. The summed E-state index contributed by atoms with van der Waals surface area (Å²) in [5.41, 5.74) is 2.52. The Labute approximate surface area is 293 Å². The second kappa shape index (κ2) is 19.0. The molecule has 4 rings (SSSR count). The van der Waals surface area contributed by atoms with Crippen LogP contribution in [-0.4, -0.2) is 12.1 Å². The molecule has 0 spiro atoms. The van der Waals surface area contributed by atoms with Crippen molar-refractivity contribution in [3.05, 3.63) is 11.6 Å². The third kappa shape index (κ3) is 10.1. The van der Waals surface area contributed by atoms with Crippen LogP contribution in [0.1, 0.15) is 209 Å². The highest BCUT2D eigenvalue weighted by atomic mass is 16.5. The summed E-state index contributed by atoms with van der Waals surface area (Å²) < 4.78 is 6.14. The van der Waals surface area contributed by atoms with Gasteiger partial charge in [-0.25, -0.2) is 0 Å². The SMILES string of the molecule is CCCCCCCCCCCCCCCC(=O)OC1CCC2(C)C(=CCC3C2CCC2(C)C(C(C)CCC(CC)C(C)C)CCC32)C1. The zero-order chi connectivity index (χ0) is 33.9. The van der Waals surface area contributed by atoms with Gasteiger partial charge in [-0.1, -0.05) is 150 Å². The molecule has 0 radical (unpaired) electrons. The molecule has 3 fully saturated rings. The smallest absolute Gasteiger partial charge is 0.306 e. The first-order valence-corrected chi connectivity index (χ1v) is 21.5. The summed E-state index contributed by atoms with van der Waals surface area (Å²) in [5, 5.41) is 0. The van der Waals surface area contributed by atoms with Gasteiger partial charge < -0.3 is 4.74 Å². The van der Waals surface area contributed by atoms with Crippen molar-refractivity contribution < 1.29 is 9.53 Å². The molecule has 0 heterocycles. The van der Waals surface area contributed by atoms with Gasteiger partial charge in [-0.2, -0.15) is 0 Å². The quantitative estimate of drug-likeness (QED) is 0.0700. The molecule has 0 N–H and O–H groups in total. The summed E-state index contributed by atoms with van der Waals surface area (Å²) >= 11 is 0. The van der Waals surface area contributed by atoms with Gasteiger partial charge in [-0.3, -0.25) is 4.79 Å². The van der Waals surface area contributed by atoms with E-state index in [0.717, 1.165) is 60.7 Å². The monoisotopic (exact) mass is 653 g/mol.